The van der Waals surface area contributed by atoms with E-state index < -0.39 is 0 Å². The Labute approximate surface area is 114 Å². The molecule has 0 saturated carbocycles. The van der Waals surface area contributed by atoms with Gasteiger partial charge in [0.1, 0.15) is 6.10 Å². The summed E-state index contributed by atoms with van der Waals surface area (Å²) in [4.78, 5) is 13.5. The molecule has 1 aromatic carbocycles. The molecule has 19 heavy (non-hydrogen) atoms. The van der Waals surface area contributed by atoms with Crippen molar-refractivity contribution in [1.82, 2.24) is 0 Å². The normalized spacial score (nSPS) is 18.7. The van der Waals surface area contributed by atoms with Crippen LogP contribution in [0.2, 0.25) is 0 Å². The van der Waals surface area contributed by atoms with E-state index >= 15 is 0 Å². The summed E-state index contributed by atoms with van der Waals surface area (Å²) in [6, 6.07) is 7.32. The predicted octanol–water partition coefficient (Wildman–Crippen LogP) is 3.56. The van der Waals surface area contributed by atoms with Gasteiger partial charge in [0, 0.05) is 11.4 Å². The van der Waals surface area contributed by atoms with E-state index in [1.807, 2.05) is 12.1 Å². The van der Waals surface area contributed by atoms with E-state index in [1.165, 1.54) is 19.3 Å². The molecule has 0 radical (unpaired) electrons. The van der Waals surface area contributed by atoms with E-state index in [2.05, 4.69) is 6.92 Å². The molecule has 1 amide bonds. The number of carbonyl (C=O) groups excluding carboxylic acids is 1. The molecule has 0 aliphatic carbocycles. The van der Waals surface area contributed by atoms with E-state index in [0.29, 0.717) is 12.2 Å². The first-order valence-electron chi connectivity index (χ1n) is 7.04. The minimum atomic E-state index is -0.245. The number of rotatable bonds is 6. The maximum atomic E-state index is 11.8. The van der Waals surface area contributed by atoms with Crippen LogP contribution in [0.1, 0.15) is 39.0 Å². The molecule has 2 N–H and O–H groups in total. The summed E-state index contributed by atoms with van der Waals surface area (Å²) < 4.78 is 5.39. The Hall–Kier alpha value is -1.71. The zero-order chi connectivity index (χ0) is 13.7. The summed E-state index contributed by atoms with van der Waals surface area (Å²) in [5.74, 6) is 0. The second-order valence-electron chi connectivity index (χ2n) is 5.06. The van der Waals surface area contributed by atoms with Gasteiger partial charge in [-0.2, -0.15) is 0 Å². The zero-order valence-corrected chi connectivity index (χ0v) is 11.5. The Morgan fingerprint density at radius 3 is 2.68 bits per heavy atom. The molecule has 1 aliphatic rings. The molecule has 4 heteroatoms. The molecule has 0 aromatic heterocycles. The van der Waals surface area contributed by atoms with E-state index in [0.717, 1.165) is 18.5 Å². The number of anilines is 2. The van der Waals surface area contributed by atoms with Crippen molar-refractivity contribution < 1.29 is 9.53 Å². The van der Waals surface area contributed by atoms with Crippen molar-refractivity contribution in [3.63, 3.8) is 0 Å². The van der Waals surface area contributed by atoms with Crippen molar-refractivity contribution in [3.8, 4) is 0 Å². The zero-order valence-electron chi connectivity index (χ0n) is 11.5. The second kappa shape index (κ2) is 6.45. The quantitative estimate of drug-likeness (QED) is 0.630. The number of nitrogens with zero attached hydrogens (tertiary/aromatic N) is 1. The van der Waals surface area contributed by atoms with Crippen molar-refractivity contribution in [2.45, 2.75) is 45.1 Å². The number of unbranched alkanes of at least 4 members (excludes halogenated alkanes) is 3. The van der Waals surface area contributed by atoms with Gasteiger partial charge in [-0.05, 0) is 37.1 Å². The number of benzene rings is 1. The number of amides is 1. The lowest BCUT2D eigenvalue weighted by Crippen LogP contribution is -2.24. The molecular formula is C15H22N2O2. The maximum Gasteiger partial charge on any atom is 0.414 e. The average molecular weight is 262 g/mol. The van der Waals surface area contributed by atoms with Gasteiger partial charge in [0.2, 0.25) is 0 Å². The summed E-state index contributed by atoms with van der Waals surface area (Å²) in [7, 11) is 0. The van der Waals surface area contributed by atoms with Crippen LogP contribution in [0.5, 0.6) is 0 Å². The van der Waals surface area contributed by atoms with Crippen LogP contribution in [0.15, 0.2) is 24.3 Å². The molecule has 0 spiro atoms. The van der Waals surface area contributed by atoms with Gasteiger partial charge in [0.05, 0.1) is 6.54 Å². The molecule has 1 unspecified atom stereocenters. The van der Waals surface area contributed by atoms with Crippen molar-refractivity contribution >= 4 is 17.5 Å². The van der Waals surface area contributed by atoms with E-state index in [4.69, 9.17) is 10.5 Å². The summed E-state index contributed by atoms with van der Waals surface area (Å²) in [6.45, 7) is 2.84. The predicted molar refractivity (Wildman–Crippen MR) is 77.2 cm³/mol. The van der Waals surface area contributed by atoms with E-state index in [-0.39, 0.29) is 12.2 Å². The lowest BCUT2D eigenvalue weighted by atomic mass is 10.1. The monoisotopic (exact) mass is 262 g/mol. The molecule has 1 heterocycles. The molecule has 2 rings (SSSR count). The molecule has 1 fully saturated rings. The lowest BCUT2D eigenvalue weighted by molar-refractivity contribution is 0.135. The largest absolute Gasteiger partial charge is 0.444 e. The number of hydrogen-bond acceptors (Lipinski definition) is 3. The van der Waals surface area contributed by atoms with Crippen LogP contribution in [-0.2, 0) is 4.74 Å². The highest BCUT2D eigenvalue weighted by atomic mass is 16.6. The third-order valence-electron chi connectivity index (χ3n) is 3.46. The fourth-order valence-corrected chi connectivity index (χ4v) is 2.34. The number of carbonyl (C=O) groups is 1. The molecule has 104 valence electrons. The van der Waals surface area contributed by atoms with Crippen LogP contribution in [0, 0.1) is 0 Å². The SMILES string of the molecule is CCCCCCC1CN(c2ccc(N)cc2)C(=O)O1. The van der Waals surface area contributed by atoms with Crippen molar-refractivity contribution in [2.24, 2.45) is 0 Å². The van der Waals surface area contributed by atoms with Gasteiger partial charge >= 0.3 is 6.09 Å². The Morgan fingerprint density at radius 1 is 1.26 bits per heavy atom. The average Bonchev–Trinajstić information content (AvgIpc) is 2.77. The van der Waals surface area contributed by atoms with Crippen molar-refractivity contribution in [2.75, 3.05) is 17.2 Å². The minimum absolute atomic E-state index is 0.0295. The third kappa shape index (κ3) is 3.63. The Bertz CT molecular complexity index is 417. The highest BCUT2D eigenvalue weighted by molar-refractivity contribution is 5.89. The Morgan fingerprint density at radius 2 is 2.00 bits per heavy atom. The molecule has 1 aliphatic heterocycles. The van der Waals surface area contributed by atoms with Crippen LogP contribution >= 0.6 is 0 Å². The van der Waals surface area contributed by atoms with Gasteiger partial charge < -0.3 is 10.5 Å². The van der Waals surface area contributed by atoms with Gasteiger partial charge in [0.15, 0.2) is 0 Å². The van der Waals surface area contributed by atoms with E-state index in [9.17, 15) is 4.79 Å². The first kappa shape index (κ1) is 13.7. The molecule has 1 atom stereocenters. The highest BCUT2D eigenvalue weighted by Gasteiger charge is 2.31. The summed E-state index contributed by atoms with van der Waals surface area (Å²) >= 11 is 0. The molecule has 1 aromatic rings. The van der Waals surface area contributed by atoms with Crippen LogP contribution in [0.4, 0.5) is 16.2 Å². The number of hydrogen-bond donors (Lipinski definition) is 1. The smallest absolute Gasteiger partial charge is 0.414 e. The molecule has 0 bridgehead atoms. The first-order valence-corrected chi connectivity index (χ1v) is 7.04. The molecule has 1 saturated heterocycles. The standard InChI is InChI=1S/C15H22N2O2/c1-2-3-4-5-6-14-11-17(15(18)19-14)13-9-7-12(16)8-10-13/h7-10,14H,2-6,11,16H2,1H3. The third-order valence-corrected chi connectivity index (χ3v) is 3.46. The van der Waals surface area contributed by atoms with Crippen LogP contribution in [-0.4, -0.2) is 18.7 Å². The molecule has 4 nitrogen and oxygen atoms in total. The maximum absolute atomic E-state index is 11.8. The second-order valence-corrected chi connectivity index (χ2v) is 5.06. The van der Waals surface area contributed by atoms with Gasteiger partial charge in [-0.15, -0.1) is 0 Å². The van der Waals surface area contributed by atoms with Gasteiger partial charge in [0.25, 0.3) is 0 Å². The van der Waals surface area contributed by atoms with Crippen LogP contribution in [0.3, 0.4) is 0 Å². The fourth-order valence-electron chi connectivity index (χ4n) is 2.34. The fraction of sp³-hybridized carbons (Fsp3) is 0.533. The summed E-state index contributed by atoms with van der Waals surface area (Å²) in [5.41, 5.74) is 7.20. The Kier molecular flexibility index (Phi) is 4.66. The highest BCUT2D eigenvalue weighted by Crippen LogP contribution is 2.24. The lowest BCUT2D eigenvalue weighted by Gasteiger charge is -2.12. The van der Waals surface area contributed by atoms with Crippen LogP contribution in [0.25, 0.3) is 0 Å². The minimum Gasteiger partial charge on any atom is -0.444 e. The van der Waals surface area contributed by atoms with Gasteiger partial charge in [-0.3, -0.25) is 4.90 Å². The van der Waals surface area contributed by atoms with E-state index in [1.54, 1.807) is 17.0 Å². The van der Waals surface area contributed by atoms with Crippen molar-refractivity contribution in [3.05, 3.63) is 24.3 Å². The molecular weight excluding hydrogens is 240 g/mol. The topological polar surface area (TPSA) is 55.6 Å². The number of ether oxygens (including phenoxy) is 1. The number of nitrogen functional groups attached to an aromatic ring is 1. The first-order chi connectivity index (χ1) is 9.20. The number of nitrogens with two attached hydrogens (primary N) is 1. The van der Waals surface area contributed by atoms with Gasteiger partial charge in [-0.25, -0.2) is 4.79 Å². The summed E-state index contributed by atoms with van der Waals surface area (Å²) in [6.07, 6.45) is 5.56. The number of cyclic esters (lactones) is 1. The Balaban J connectivity index is 1.87. The van der Waals surface area contributed by atoms with Crippen molar-refractivity contribution in [1.29, 1.82) is 0 Å². The van der Waals surface area contributed by atoms with Gasteiger partial charge in [-0.1, -0.05) is 26.2 Å². The summed E-state index contributed by atoms with van der Waals surface area (Å²) in [5, 5.41) is 0. The van der Waals surface area contributed by atoms with Crippen LogP contribution < -0.4 is 10.6 Å².